The Labute approximate surface area is 149 Å². The Morgan fingerprint density at radius 1 is 1.35 bits per heavy atom. The van der Waals surface area contributed by atoms with Gasteiger partial charge in [-0.2, -0.15) is 9.49 Å². The SMILES string of the molecule is Cc1ccc(N2CCCC(C(=O)Nc3ccc(F)c([N+](=O)[O-])c3)C2)nn1. The van der Waals surface area contributed by atoms with Gasteiger partial charge in [-0.1, -0.05) is 0 Å². The maximum Gasteiger partial charge on any atom is 0.306 e. The van der Waals surface area contributed by atoms with Crippen molar-refractivity contribution in [3.63, 3.8) is 0 Å². The van der Waals surface area contributed by atoms with Crippen LogP contribution in [-0.2, 0) is 4.79 Å². The van der Waals surface area contributed by atoms with Crippen LogP contribution in [0.4, 0.5) is 21.6 Å². The Hall–Kier alpha value is -3.10. The highest BCUT2D eigenvalue weighted by Gasteiger charge is 2.27. The number of aryl methyl sites for hydroxylation is 1. The maximum atomic E-state index is 13.4. The smallest absolute Gasteiger partial charge is 0.306 e. The molecule has 3 rings (SSSR count). The number of anilines is 2. The van der Waals surface area contributed by atoms with Gasteiger partial charge in [-0.3, -0.25) is 14.9 Å². The number of hydrogen-bond acceptors (Lipinski definition) is 6. The van der Waals surface area contributed by atoms with Gasteiger partial charge in [-0.05, 0) is 44.0 Å². The molecule has 8 nitrogen and oxygen atoms in total. The van der Waals surface area contributed by atoms with Crippen molar-refractivity contribution in [2.75, 3.05) is 23.3 Å². The van der Waals surface area contributed by atoms with Gasteiger partial charge in [0, 0.05) is 24.8 Å². The molecule has 0 aliphatic carbocycles. The summed E-state index contributed by atoms with van der Waals surface area (Å²) in [5.74, 6) is -0.771. The zero-order chi connectivity index (χ0) is 18.7. The molecule has 1 aromatic carbocycles. The number of benzene rings is 1. The van der Waals surface area contributed by atoms with E-state index in [1.807, 2.05) is 24.0 Å². The lowest BCUT2D eigenvalue weighted by molar-refractivity contribution is -0.387. The second kappa shape index (κ2) is 7.42. The van der Waals surface area contributed by atoms with Gasteiger partial charge in [0.25, 0.3) is 0 Å². The van der Waals surface area contributed by atoms with Gasteiger partial charge < -0.3 is 10.2 Å². The summed E-state index contributed by atoms with van der Waals surface area (Å²) in [5, 5.41) is 21.6. The van der Waals surface area contributed by atoms with E-state index in [0.717, 1.165) is 30.8 Å². The number of nitrogens with zero attached hydrogens (tertiary/aromatic N) is 4. The molecule has 1 amide bonds. The molecule has 2 aromatic rings. The number of carbonyl (C=O) groups is 1. The van der Waals surface area contributed by atoms with Crippen molar-refractivity contribution >= 4 is 23.1 Å². The van der Waals surface area contributed by atoms with Crippen molar-refractivity contribution in [2.45, 2.75) is 19.8 Å². The summed E-state index contributed by atoms with van der Waals surface area (Å²) in [6, 6.07) is 7.05. The molecule has 9 heteroatoms. The van der Waals surface area contributed by atoms with E-state index in [1.54, 1.807) is 0 Å². The van der Waals surface area contributed by atoms with Crippen LogP contribution in [0.5, 0.6) is 0 Å². The van der Waals surface area contributed by atoms with Gasteiger partial charge in [-0.15, -0.1) is 5.10 Å². The number of hydrogen-bond donors (Lipinski definition) is 1. The van der Waals surface area contributed by atoms with Crippen LogP contribution in [-0.4, -0.2) is 34.1 Å². The number of carbonyl (C=O) groups excluding carboxylic acids is 1. The molecular weight excluding hydrogens is 341 g/mol. The fourth-order valence-electron chi connectivity index (χ4n) is 2.93. The third-order valence-electron chi connectivity index (χ3n) is 4.31. The number of rotatable bonds is 4. The molecule has 1 aromatic heterocycles. The molecule has 136 valence electrons. The quantitative estimate of drug-likeness (QED) is 0.665. The first-order chi connectivity index (χ1) is 12.4. The van der Waals surface area contributed by atoms with Crippen LogP contribution < -0.4 is 10.2 Å². The van der Waals surface area contributed by atoms with E-state index >= 15 is 0 Å². The highest BCUT2D eigenvalue weighted by Crippen LogP contribution is 2.25. The normalized spacial score (nSPS) is 17.0. The van der Waals surface area contributed by atoms with Gasteiger partial charge in [-0.25, -0.2) is 0 Å². The summed E-state index contributed by atoms with van der Waals surface area (Å²) in [7, 11) is 0. The first kappa shape index (κ1) is 17.7. The standard InChI is InChI=1S/C17H18FN5O3/c1-11-4-7-16(21-20-11)22-8-2-3-12(10-22)17(24)19-13-5-6-14(18)15(9-13)23(25)26/h4-7,9,12H,2-3,8,10H2,1H3,(H,19,24). The van der Waals surface area contributed by atoms with Crippen LogP contribution in [0.15, 0.2) is 30.3 Å². The highest BCUT2D eigenvalue weighted by molar-refractivity contribution is 5.93. The molecule has 1 saturated heterocycles. The minimum Gasteiger partial charge on any atom is -0.354 e. The minimum absolute atomic E-state index is 0.204. The molecule has 26 heavy (non-hydrogen) atoms. The highest BCUT2D eigenvalue weighted by atomic mass is 19.1. The minimum atomic E-state index is -0.935. The van der Waals surface area contributed by atoms with E-state index in [2.05, 4.69) is 15.5 Å². The molecule has 1 N–H and O–H groups in total. The lowest BCUT2D eigenvalue weighted by Gasteiger charge is -2.32. The largest absolute Gasteiger partial charge is 0.354 e. The molecular formula is C17H18FN5O3. The number of nitro groups is 1. The Bertz CT molecular complexity index is 828. The van der Waals surface area contributed by atoms with Crippen molar-refractivity contribution in [1.29, 1.82) is 0 Å². The van der Waals surface area contributed by atoms with Crippen LogP contribution >= 0.6 is 0 Å². The molecule has 1 unspecified atom stereocenters. The van der Waals surface area contributed by atoms with Crippen molar-refractivity contribution in [3.8, 4) is 0 Å². The van der Waals surface area contributed by atoms with E-state index < -0.39 is 16.4 Å². The number of amides is 1. The van der Waals surface area contributed by atoms with Crippen molar-refractivity contribution < 1.29 is 14.1 Å². The average Bonchev–Trinajstić information content (AvgIpc) is 2.64. The molecule has 0 bridgehead atoms. The number of halogens is 1. The monoisotopic (exact) mass is 359 g/mol. The number of nitrogens with one attached hydrogen (secondary N) is 1. The van der Waals surface area contributed by atoms with Crippen LogP contribution in [0.3, 0.4) is 0 Å². The molecule has 2 heterocycles. The number of nitro benzene ring substituents is 1. The first-order valence-corrected chi connectivity index (χ1v) is 8.24. The summed E-state index contributed by atoms with van der Waals surface area (Å²) >= 11 is 0. The van der Waals surface area contributed by atoms with Crippen LogP contribution in [0.2, 0.25) is 0 Å². The predicted molar refractivity (Wildman–Crippen MR) is 93.4 cm³/mol. The van der Waals surface area contributed by atoms with Crippen LogP contribution in [0, 0.1) is 28.8 Å². The summed E-state index contributed by atoms with van der Waals surface area (Å²) in [6.45, 7) is 3.11. The van der Waals surface area contributed by atoms with Crippen molar-refractivity contribution in [1.82, 2.24) is 10.2 Å². The van der Waals surface area contributed by atoms with E-state index in [0.29, 0.717) is 18.8 Å². The van der Waals surface area contributed by atoms with E-state index in [4.69, 9.17) is 0 Å². The number of piperidine rings is 1. The van der Waals surface area contributed by atoms with Gasteiger partial charge in [0.15, 0.2) is 5.82 Å². The zero-order valence-corrected chi connectivity index (χ0v) is 14.2. The molecule has 1 atom stereocenters. The summed E-state index contributed by atoms with van der Waals surface area (Å²) in [6.07, 6.45) is 1.52. The molecule has 1 aliphatic rings. The summed E-state index contributed by atoms with van der Waals surface area (Å²) in [5.41, 5.74) is 0.358. The van der Waals surface area contributed by atoms with Crippen LogP contribution in [0.25, 0.3) is 0 Å². The van der Waals surface area contributed by atoms with Gasteiger partial charge in [0.1, 0.15) is 0 Å². The third-order valence-corrected chi connectivity index (χ3v) is 4.31. The second-order valence-corrected chi connectivity index (χ2v) is 6.23. The first-order valence-electron chi connectivity index (χ1n) is 8.24. The van der Waals surface area contributed by atoms with Gasteiger partial charge >= 0.3 is 5.69 Å². The zero-order valence-electron chi connectivity index (χ0n) is 14.2. The summed E-state index contributed by atoms with van der Waals surface area (Å²) in [4.78, 5) is 24.5. The lowest BCUT2D eigenvalue weighted by Crippen LogP contribution is -2.41. The summed E-state index contributed by atoms with van der Waals surface area (Å²) < 4.78 is 13.4. The average molecular weight is 359 g/mol. The fraction of sp³-hybridized carbons (Fsp3) is 0.353. The van der Waals surface area contributed by atoms with Crippen molar-refractivity contribution in [3.05, 3.63) is 52.0 Å². The Morgan fingerprint density at radius 2 is 2.15 bits per heavy atom. The van der Waals surface area contributed by atoms with Gasteiger partial charge in [0.05, 0.1) is 16.5 Å². The molecule has 1 aliphatic heterocycles. The molecule has 1 fully saturated rings. The molecule has 0 spiro atoms. The Morgan fingerprint density at radius 3 is 2.85 bits per heavy atom. The maximum absolute atomic E-state index is 13.4. The second-order valence-electron chi connectivity index (χ2n) is 6.23. The lowest BCUT2D eigenvalue weighted by atomic mass is 9.97. The third kappa shape index (κ3) is 3.93. The molecule has 0 radical (unpaired) electrons. The van der Waals surface area contributed by atoms with E-state index in [-0.39, 0.29) is 17.5 Å². The topological polar surface area (TPSA) is 101 Å². The van der Waals surface area contributed by atoms with Crippen LogP contribution in [0.1, 0.15) is 18.5 Å². The molecule has 0 saturated carbocycles. The van der Waals surface area contributed by atoms with Crippen molar-refractivity contribution in [2.24, 2.45) is 5.92 Å². The van der Waals surface area contributed by atoms with Gasteiger partial charge in [0.2, 0.25) is 11.7 Å². The predicted octanol–water partition coefficient (Wildman–Crippen LogP) is 2.69. The Balaban J connectivity index is 1.69. The van der Waals surface area contributed by atoms with E-state index in [9.17, 15) is 19.3 Å². The van der Waals surface area contributed by atoms with E-state index in [1.165, 1.54) is 6.07 Å². The number of aromatic nitrogens is 2. The fourth-order valence-corrected chi connectivity index (χ4v) is 2.93. The Kier molecular flexibility index (Phi) is 5.06.